The Kier molecular flexibility index (Phi) is 5.82. The van der Waals surface area contributed by atoms with E-state index in [2.05, 4.69) is 25.4 Å². The molecule has 174 valence electrons. The quantitative estimate of drug-likeness (QED) is 0.670. The Labute approximate surface area is 192 Å². The first-order valence-corrected chi connectivity index (χ1v) is 11.6. The van der Waals surface area contributed by atoms with Crippen LogP contribution in [0.2, 0.25) is 0 Å². The first-order valence-electron chi connectivity index (χ1n) is 11.6. The van der Waals surface area contributed by atoms with Crippen molar-refractivity contribution in [1.29, 1.82) is 0 Å². The molecule has 1 aliphatic carbocycles. The minimum Gasteiger partial charge on any atom is -0.450 e. The van der Waals surface area contributed by atoms with Crippen LogP contribution in [0.15, 0.2) is 35.8 Å². The highest BCUT2D eigenvalue weighted by molar-refractivity contribution is 5.95. The van der Waals surface area contributed by atoms with Gasteiger partial charge in [-0.3, -0.25) is 4.79 Å². The van der Waals surface area contributed by atoms with Crippen molar-refractivity contribution in [3.8, 4) is 0 Å². The third kappa shape index (κ3) is 4.34. The van der Waals surface area contributed by atoms with E-state index in [4.69, 9.17) is 0 Å². The summed E-state index contributed by atoms with van der Waals surface area (Å²) in [6.07, 6.45) is 8.56. The third-order valence-corrected chi connectivity index (χ3v) is 6.46. The normalized spacial score (nSPS) is 24.6. The largest absolute Gasteiger partial charge is 0.450 e. The van der Waals surface area contributed by atoms with Gasteiger partial charge in [0.2, 0.25) is 5.95 Å². The molecule has 0 spiro atoms. The maximum Gasteiger partial charge on any atom is 0.256 e. The van der Waals surface area contributed by atoms with Crippen molar-refractivity contribution in [3.63, 3.8) is 0 Å². The van der Waals surface area contributed by atoms with Gasteiger partial charge >= 0.3 is 0 Å². The standard InChI is InChI=1S/C23H28FN8O/c1-3-16-10-26-23(27-11-16)30-9-8-20(19(24)13-30)31(18-5-6-18)22(33)17-4-7-21(25-12-17)32-15(2)28-14-29-32/h4,7,10-12,14-15,18-20H,3,5-6,8-9,13H2,1-2H3/q-1/t15?,19-,20+/m0/s1. The highest BCUT2D eigenvalue weighted by atomic mass is 19.1. The molecule has 1 saturated heterocycles. The molecule has 2 aromatic heterocycles. The summed E-state index contributed by atoms with van der Waals surface area (Å²) in [7, 11) is 0. The fraction of sp³-hybridized carbons (Fsp3) is 0.522. The zero-order valence-corrected chi connectivity index (χ0v) is 18.9. The topological polar surface area (TPSA) is 91.9 Å². The highest BCUT2D eigenvalue weighted by Gasteiger charge is 2.43. The number of anilines is 2. The Morgan fingerprint density at radius 2 is 1.97 bits per heavy atom. The molecule has 33 heavy (non-hydrogen) atoms. The second-order valence-electron chi connectivity index (χ2n) is 8.77. The van der Waals surface area contributed by atoms with E-state index in [1.165, 1.54) is 6.34 Å². The van der Waals surface area contributed by atoms with Crippen molar-refractivity contribution in [1.82, 2.24) is 19.9 Å². The number of pyridine rings is 1. The molecule has 5 rings (SSSR count). The van der Waals surface area contributed by atoms with E-state index in [9.17, 15) is 4.79 Å². The zero-order chi connectivity index (χ0) is 22.9. The number of halogens is 1. The Hall–Kier alpha value is -3.30. The monoisotopic (exact) mass is 451 g/mol. The van der Waals surface area contributed by atoms with Crippen molar-refractivity contribution < 1.29 is 9.18 Å². The van der Waals surface area contributed by atoms with Crippen LogP contribution in [0.25, 0.3) is 5.32 Å². The number of piperidine rings is 1. The number of alkyl halides is 1. The Balaban J connectivity index is 1.29. The number of amides is 1. The molecule has 10 heteroatoms. The summed E-state index contributed by atoms with van der Waals surface area (Å²) < 4.78 is 15.4. The van der Waals surface area contributed by atoms with E-state index in [-0.39, 0.29) is 24.7 Å². The van der Waals surface area contributed by atoms with E-state index in [1.54, 1.807) is 40.6 Å². The van der Waals surface area contributed by atoms with Crippen LogP contribution >= 0.6 is 0 Å². The first kappa shape index (κ1) is 21.5. The molecule has 2 aromatic rings. The van der Waals surface area contributed by atoms with Gasteiger partial charge in [-0.15, -0.1) is 0 Å². The van der Waals surface area contributed by atoms with Crippen LogP contribution in [-0.4, -0.2) is 69.6 Å². The molecular weight excluding hydrogens is 423 g/mol. The molecule has 0 N–H and O–H groups in total. The molecule has 2 fully saturated rings. The number of aryl methyl sites for hydroxylation is 1. The van der Waals surface area contributed by atoms with Crippen molar-refractivity contribution in [2.75, 3.05) is 23.0 Å². The molecule has 0 bridgehead atoms. The molecule has 1 unspecified atom stereocenters. The summed E-state index contributed by atoms with van der Waals surface area (Å²) in [6.45, 7) is 4.75. The number of hydrogen-bond acceptors (Lipinski definition) is 7. The van der Waals surface area contributed by atoms with Gasteiger partial charge in [0.1, 0.15) is 12.0 Å². The number of hydrazone groups is 1. The van der Waals surface area contributed by atoms with Gasteiger partial charge in [-0.05, 0) is 50.3 Å². The van der Waals surface area contributed by atoms with Crippen LogP contribution < -0.4 is 9.91 Å². The molecule has 9 nitrogen and oxygen atoms in total. The molecule has 3 atom stereocenters. The van der Waals surface area contributed by atoms with Gasteiger partial charge in [0.15, 0.2) is 0 Å². The predicted octanol–water partition coefficient (Wildman–Crippen LogP) is 3.14. The smallest absolute Gasteiger partial charge is 0.256 e. The van der Waals surface area contributed by atoms with Crippen LogP contribution in [-0.2, 0) is 6.42 Å². The van der Waals surface area contributed by atoms with Crippen LogP contribution in [0.4, 0.5) is 16.2 Å². The van der Waals surface area contributed by atoms with Gasteiger partial charge in [0.05, 0.1) is 18.2 Å². The Morgan fingerprint density at radius 1 is 1.18 bits per heavy atom. The van der Waals surface area contributed by atoms with Gasteiger partial charge in [-0.25, -0.2) is 19.3 Å². The summed E-state index contributed by atoms with van der Waals surface area (Å²) in [5.74, 6) is 1.01. The minimum absolute atomic E-state index is 0.0917. The van der Waals surface area contributed by atoms with Crippen LogP contribution in [0.3, 0.4) is 0 Å². The SMILES string of the molecule is CCc1cnc(N2CC[C@@H](N(C(=O)c3ccc(N4N=C[N-]C4C)nc3)C3CC3)[C@@H](F)C2)nc1. The maximum absolute atomic E-state index is 15.4. The van der Waals surface area contributed by atoms with Crippen LogP contribution in [0, 0.1) is 0 Å². The van der Waals surface area contributed by atoms with Gasteiger partial charge < -0.3 is 25.2 Å². The fourth-order valence-electron chi connectivity index (χ4n) is 4.41. The van der Waals surface area contributed by atoms with E-state index >= 15 is 4.39 Å². The molecule has 1 saturated carbocycles. The number of aromatic nitrogens is 3. The minimum atomic E-state index is -1.17. The van der Waals surface area contributed by atoms with Gasteiger partial charge in [0, 0.05) is 37.3 Å². The second-order valence-corrected chi connectivity index (χ2v) is 8.77. The van der Waals surface area contributed by atoms with Crippen molar-refractivity contribution in [2.45, 2.75) is 64.0 Å². The lowest BCUT2D eigenvalue weighted by atomic mass is 10.00. The number of carbonyl (C=O) groups is 1. The molecule has 3 aliphatic rings. The number of hydrogen-bond donors (Lipinski definition) is 0. The highest BCUT2D eigenvalue weighted by Crippen LogP contribution is 2.35. The molecule has 0 aromatic carbocycles. The molecule has 0 radical (unpaired) electrons. The lowest BCUT2D eigenvalue weighted by Crippen LogP contribution is -2.55. The predicted molar refractivity (Wildman–Crippen MR) is 124 cm³/mol. The molecule has 2 aliphatic heterocycles. The number of nitrogens with zero attached hydrogens (tertiary/aromatic N) is 8. The van der Waals surface area contributed by atoms with E-state index in [0.717, 1.165) is 24.8 Å². The van der Waals surface area contributed by atoms with Crippen molar-refractivity contribution >= 4 is 24.0 Å². The first-order chi connectivity index (χ1) is 16.0. The average molecular weight is 452 g/mol. The Morgan fingerprint density at radius 3 is 2.55 bits per heavy atom. The summed E-state index contributed by atoms with van der Waals surface area (Å²) in [6, 6.07) is 3.14. The molecular formula is C23H28FN8O-. The van der Waals surface area contributed by atoms with Gasteiger partial charge in [0.25, 0.3) is 5.91 Å². The fourth-order valence-corrected chi connectivity index (χ4v) is 4.41. The van der Waals surface area contributed by atoms with Crippen molar-refractivity contribution in [2.24, 2.45) is 5.10 Å². The van der Waals surface area contributed by atoms with Crippen LogP contribution in [0.5, 0.6) is 0 Å². The summed E-state index contributed by atoms with van der Waals surface area (Å²) in [4.78, 5) is 30.2. The van der Waals surface area contributed by atoms with Crippen LogP contribution in [0.1, 0.15) is 49.0 Å². The van der Waals surface area contributed by atoms with Gasteiger partial charge in [-0.2, -0.15) is 0 Å². The summed E-state index contributed by atoms with van der Waals surface area (Å²) in [5.41, 5.74) is 1.52. The average Bonchev–Trinajstić information content (AvgIpc) is 3.59. The van der Waals surface area contributed by atoms with Gasteiger partial charge in [-0.1, -0.05) is 13.3 Å². The summed E-state index contributed by atoms with van der Waals surface area (Å²) in [5, 5.41) is 10.1. The Bertz CT molecular complexity index is 1010. The van der Waals surface area contributed by atoms with Crippen molar-refractivity contribution in [3.05, 3.63) is 47.2 Å². The third-order valence-electron chi connectivity index (χ3n) is 6.46. The second kappa shape index (κ2) is 8.92. The number of rotatable bonds is 6. The van der Waals surface area contributed by atoms with E-state index in [1.807, 2.05) is 18.7 Å². The van der Waals surface area contributed by atoms with E-state index in [0.29, 0.717) is 30.3 Å². The maximum atomic E-state index is 15.4. The lowest BCUT2D eigenvalue weighted by Gasteiger charge is -2.41. The van der Waals surface area contributed by atoms with E-state index < -0.39 is 12.2 Å². The molecule has 4 heterocycles. The number of carbonyl (C=O) groups excluding carboxylic acids is 1. The zero-order valence-electron chi connectivity index (χ0n) is 18.9. The lowest BCUT2D eigenvalue weighted by molar-refractivity contribution is 0.0486. The molecule has 1 amide bonds. The summed E-state index contributed by atoms with van der Waals surface area (Å²) >= 11 is 0.